The number of rotatable bonds is 5. The monoisotopic (exact) mass is 257 g/mol. The second-order valence-corrected chi connectivity index (χ2v) is 5.03. The predicted molar refractivity (Wildman–Crippen MR) is 67.3 cm³/mol. The van der Waals surface area contributed by atoms with Gasteiger partial charge in [-0.05, 0) is 32.6 Å². The lowest BCUT2D eigenvalue weighted by atomic mass is 9.94. The SMILES string of the molecule is CCC(C)(OC)C(=O)N1CCCCC1CC(=O)O. The first kappa shape index (κ1) is 15.0. The maximum Gasteiger partial charge on any atom is 0.305 e. The van der Waals surface area contributed by atoms with Gasteiger partial charge in [-0.15, -0.1) is 0 Å². The van der Waals surface area contributed by atoms with Gasteiger partial charge in [-0.2, -0.15) is 0 Å². The third-order valence-electron chi connectivity index (χ3n) is 3.88. The Morgan fingerprint density at radius 3 is 2.61 bits per heavy atom. The summed E-state index contributed by atoms with van der Waals surface area (Å²) in [6.45, 7) is 4.30. The summed E-state index contributed by atoms with van der Waals surface area (Å²) in [5.41, 5.74) is -0.839. The van der Waals surface area contributed by atoms with Crippen LogP contribution in [-0.4, -0.2) is 47.2 Å². The molecule has 2 unspecified atom stereocenters. The van der Waals surface area contributed by atoms with Crippen LogP contribution >= 0.6 is 0 Å². The molecule has 18 heavy (non-hydrogen) atoms. The van der Waals surface area contributed by atoms with E-state index in [1.54, 1.807) is 11.8 Å². The number of carbonyl (C=O) groups is 2. The van der Waals surface area contributed by atoms with Crippen LogP contribution in [0.25, 0.3) is 0 Å². The van der Waals surface area contributed by atoms with Crippen molar-refractivity contribution in [1.29, 1.82) is 0 Å². The van der Waals surface area contributed by atoms with Crippen molar-refractivity contribution in [1.82, 2.24) is 4.90 Å². The minimum atomic E-state index is -0.852. The summed E-state index contributed by atoms with van der Waals surface area (Å²) in [6.07, 6.45) is 3.29. The summed E-state index contributed by atoms with van der Waals surface area (Å²) in [6, 6.07) is -0.190. The van der Waals surface area contributed by atoms with E-state index in [2.05, 4.69) is 0 Å². The highest BCUT2D eigenvalue weighted by Gasteiger charge is 2.39. The molecule has 0 aromatic heterocycles. The van der Waals surface area contributed by atoms with Crippen LogP contribution in [0.15, 0.2) is 0 Å². The molecule has 2 atom stereocenters. The number of hydrogen-bond acceptors (Lipinski definition) is 3. The molecule has 1 aliphatic heterocycles. The number of piperidine rings is 1. The molecule has 1 fully saturated rings. The van der Waals surface area contributed by atoms with Crippen molar-refractivity contribution in [3.8, 4) is 0 Å². The minimum absolute atomic E-state index is 0.0231. The van der Waals surface area contributed by atoms with Crippen molar-refractivity contribution in [3.05, 3.63) is 0 Å². The molecule has 0 saturated carbocycles. The number of carboxylic acids is 1. The van der Waals surface area contributed by atoms with E-state index in [0.29, 0.717) is 13.0 Å². The van der Waals surface area contributed by atoms with Crippen LogP contribution in [0, 0.1) is 0 Å². The number of amides is 1. The number of hydrogen-bond donors (Lipinski definition) is 1. The van der Waals surface area contributed by atoms with E-state index in [1.165, 1.54) is 7.11 Å². The fourth-order valence-electron chi connectivity index (χ4n) is 2.37. The molecule has 1 rings (SSSR count). The Morgan fingerprint density at radius 2 is 2.11 bits per heavy atom. The number of methoxy groups -OCH3 is 1. The Hall–Kier alpha value is -1.10. The van der Waals surface area contributed by atoms with Gasteiger partial charge < -0.3 is 14.7 Å². The molecule has 0 aromatic rings. The van der Waals surface area contributed by atoms with Gasteiger partial charge in [0.15, 0.2) is 0 Å². The molecule has 1 N–H and O–H groups in total. The van der Waals surface area contributed by atoms with Gasteiger partial charge in [-0.25, -0.2) is 0 Å². The van der Waals surface area contributed by atoms with Crippen molar-refractivity contribution < 1.29 is 19.4 Å². The molecular weight excluding hydrogens is 234 g/mol. The standard InChI is InChI=1S/C13H23NO4/c1-4-13(2,18-3)12(17)14-8-6-5-7-10(14)9-11(15)16/h10H,4-9H2,1-3H3,(H,15,16). The third-order valence-corrected chi connectivity index (χ3v) is 3.88. The summed E-state index contributed by atoms with van der Waals surface area (Å²) in [7, 11) is 1.53. The van der Waals surface area contributed by atoms with Gasteiger partial charge in [0.2, 0.25) is 0 Å². The summed E-state index contributed by atoms with van der Waals surface area (Å²) in [5.74, 6) is -0.936. The maximum atomic E-state index is 12.5. The fraction of sp³-hybridized carbons (Fsp3) is 0.846. The topological polar surface area (TPSA) is 66.8 Å². The largest absolute Gasteiger partial charge is 0.481 e. The quantitative estimate of drug-likeness (QED) is 0.813. The van der Waals surface area contributed by atoms with Gasteiger partial charge >= 0.3 is 5.97 Å². The highest BCUT2D eigenvalue weighted by Crippen LogP contribution is 2.26. The molecule has 0 bridgehead atoms. The van der Waals surface area contributed by atoms with E-state index >= 15 is 0 Å². The van der Waals surface area contributed by atoms with Crippen LogP contribution in [0.3, 0.4) is 0 Å². The number of carbonyl (C=O) groups excluding carboxylic acids is 1. The lowest BCUT2D eigenvalue weighted by Gasteiger charge is -2.40. The van der Waals surface area contributed by atoms with E-state index in [-0.39, 0.29) is 18.4 Å². The first-order chi connectivity index (χ1) is 8.44. The molecule has 0 aliphatic carbocycles. The number of nitrogens with zero attached hydrogens (tertiary/aromatic N) is 1. The molecule has 1 saturated heterocycles. The van der Waals surface area contributed by atoms with E-state index in [0.717, 1.165) is 19.3 Å². The third kappa shape index (κ3) is 3.22. The van der Waals surface area contributed by atoms with Crippen LogP contribution in [0.2, 0.25) is 0 Å². The number of ether oxygens (including phenoxy) is 1. The molecule has 0 spiro atoms. The minimum Gasteiger partial charge on any atom is -0.481 e. The number of aliphatic carboxylic acids is 1. The maximum absolute atomic E-state index is 12.5. The van der Waals surface area contributed by atoms with Crippen molar-refractivity contribution in [2.24, 2.45) is 0 Å². The average Bonchev–Trinajstić information content (AvgIpc) is 2.37. The Bertz CT molecular complexity index is 312. The van der Waals surface area contributed by atoms with Crippen LogP contribution in [-0.2, 0) is 14.3 Å². The second-order valence-electron chi connectivity index (χ2n) is 5.03. The smallest absolute Gasteiger partial charge is 0.305 e. The zero-order valence-electron chi connectivity index (χ0n) is 11.4. The van der Waals surface area contributed by atoms with E-state index < -0.39 is 11.6 Å². The first-order valence-electron chi connectivity index (χ1n) is 6.52. The van der Waals surface area contributed by atoms with Gasteiger partial charge in [0.25, 0.3) is 5.91 Å². The Labute approximate surface area is 108 Å². The fourth-order valence-corrected chi connectivity index (χ4v) is 2.37. The summed E-state index contributed by atoms with van der Waals surface area (Å²) < 4.78 is 5.32. The first-order valence-corrected chi connectivity index (χ1v) is 6.52. The van der Waals surface area contributed by atoms with E-state index in [1.807, 2.05) is 6.92 Å². The molecular formula is C13H23NO4. The lowest BCUT2D eigenvalue weighted by Crippen LogP contribution is -2.54. The summed E-state index contributed by atoms with van der Waals surface area (Å²) in [4.78, 5) is 25.0. The van der Waals surface area contributed by atoms with Crippen molar-refractivity contribution >= 4 is 11.9 Å². The second kappa shape index (κ2) is 6.18. The van der Waals surface area contributed by atoms with Gasteiger partial charge in [-0.3, -0.25) is 9.59 Å². The zero-order valence-corrected chi connectivity index (χ0v) is 11.4. The molecule has 0 aromatic carbocycles. The average molecular weight is 257 g/mol. The molecule has 1 heterocycles. The highest BCUT2D eigenvalue weighted by molar-refractivity contribution is 5.85. The molecule has 1 amide bonds. The molecule has 104 valence electrons. The highest BCUT2D eigenvalue weighted by atomic mass is 16.5. The summed E-state index contributed by atoms with van der Waals surface area (Å²) >= 11 is 0. The molecule has 1 aliphatic rings. The van der Waals surface area contributed by atoms with Crippen LogP contribution in [0.4, 0.5) is 0 Å². The lowest BCUT2D eigenvalue weighted by molar-refractivity contribution is -0.158. The Balaban J connectivity index is 2.82. The van der Waals surface area contributed by atoms with Crippen molar-refractivity contribution in [2.45, 2.75) is 57.6 Å². The summed E-state index contributed by atoms with van der Waals surface area (Å²) in [5, 5.41) is 8.91. The van der Waals surface area contributed by atoms with Crippen molar-refractivity contribution in [2.75, 3.05) is 13.7 Å². The van der Waals surface area contributed by atoms with Crippen molar-refractivity contribution in [3.63, 3.8) is 0 Å². The van der Waals surface area contributed by atoms with E-state index in [4.69, 9.17) is 9.84 Å². The van der Waals surface area contributed by atoms with Gasteiger partial charge in [0.05, 0.1) is 6.42 Å². The normalized spacial score (nSPS) is 23.5. The van der Waals surface area contributed by atoms with Gasteiger partial charge in [0, 0.05) is 19.7 Å². The van der Waals surface area contributed by atoms with Crippen LogP contribution < -0.4 is 0 Å². The predicted octanol–water partition coefficient (Wildman–Crippen LogP) is 1.66. The molecule has 5 nitrogen and oxygen atoms in total. The Morgan fingerprint density at radius 1 is 1.44 bits per heavy atom. The molecule has 5 heteroatoms. The van der Waals surface area contributed by atoms with E-state index in [9.17, 15) is 9.59 Å². The van der Waals surface area contributed by atoms with Gasteiger partial charge in [0.1, 0.15) is 5.60 Å². The van der Waals surface area contributed by atoms with Crippen LogP contribution in [0.5, 0.6) is 0 Å². The van der Waals surface area contributed by atoms with Crippen LogP contribution in [0.1, 0.15) is 46.0 Å². The zero-order chi connectivity index (χ0) is 13.8. The van der Waals surface area contributed by atoms with Gasteiger partial charge in [-0.1, -0.05) is 6.92 Å². The number of likely N-dealkylation sites (tertiary alicyclic amines) is 1. The Kier molecular flexibility index (Phi) is 5.14. The molecule has 0 radical (unpaired) electrons. The number of carboxylic acid groups (broad SMARTS) is 1.